The van der Waals surface area contributed by atoms with Gasteiger partial charge in [-0.1, -0.05) is 0 Å². The van der Waals surface area contributed by atoms with Crippen molar-refractivity contribution in [1.29, 1.82) is 0 Å². The van der Waals surface area contributed by atoms with Gasteiger partial charge in [0.05, 0.1) is 31.7 Å². The van der Waals surface area contributed by atoms with E-state index in [1.807, 2.05) is 12.1 Å². The molecule has 1 fully saturated rings. The molecule has 2 aromatic carbocycles. The van der Waals surface area contributed by atoms with Crippen LogP contribution >= 0.6 is 0 Å². The molecule has 8 nitrogen and oxygen atoms in total. The smallest absolute Gasteiger partial charge is 0.338 e. The lowest BCUT2D eigenvalue weighted by Gasteiger charge is -2.29. The van der Waals surface area contributed by atoms with Crippen molar-refractivity contribution in [2.24, 2.45) is 0 Å². The second-order valence-electron chi connectivity index (χ2n) is 7.50. The third-order valence-electron chi connectivity index (χ3n) is 5.43. The number of nitrogens with zero attached hydrogens (tertiary/aromatic N) is 3. The number of benzene rings is 2. The number of morpholine rings is 1. The van der Waals surface area contributed by atoms with Crippen LogP contribution in [-0.4, -0.2) is 43.4 Å². The number of rotatable bonds is 5. The van der Waals surface area contributed by atoms with Gasteiger partial charge in [-0.05, 0) is 30.3 Å². The van der Waals surface area contributed by atoms with Crippen molar-refractivity contribution in [3.05, 3.63) is 71.0 Å². The van der Waals surface area contributed by atoms with Crippen LogP contribution in [0, 0.1) is 5.82 Å². The maximum atomic E-state index is 13.6. The molecule has 0 radical (unpaired) electrons. The van der Waals surface area contributed by atoms with Crippen LogP contribution in [0.3, 0.4) is 0 Å². The molecule has 168 valence electrons. The first-order valence-corrected chi connectivity index (χ1v) is 10.5. The normalized spacial score (nSPS) is 13.8. The molecule has 5 rings (SSSR count). The summed E-state index contributed by atoms with van der Waals surface area (Å²) in [5.74, 6) is 0.324. The van der Waals surface area contributed by atoms with E-state index in [-0.39, 0.29) is 0 Å². The van der Waals surface area contributed by atoms with Gasteiger partial charge in [-0.15, -0.1) is 0 Å². The van der Waals surface area contributed by atoms with E-state index in [1.165, 1.54) is 25.3 Å². The predicted octanol–water partition coefficient (Wildman–Crippen LogP) is 3.98. The number of methoxy groups -OCH3 is 1. The Bertz CT molecular complexity index is 1370. The van der Waals surface area contributed by atoms with E-state index in [2.05, 4.69) is 20.2 Å². The Morgan fingerprint density at radius 3 is 2.76 bits per heavy atom. The van der Waals surface area contributed by atoms with Gasteiger partial charge in [-0.2, -0.15) is 0 Å². The van der Waals surface area contributed by atoms with Gasteiger partial charge in [0.2, 0.25) is 5.95 Å². The van der Waals surface area contributed by atoms with Crippen molar-refractivity contribution in [1.82, 2.24) is 9.97 Å². The second kappa shape index (κ2) is 8.87. The Labute approximate surface area is 188 Å². The zero-order valence-electron chi connectivity index (χ0n) is 17.9. The monoisotopic (exact) mass is 448 g/mol. The maximum absolute atomic E-state index is 13.6. The molecule has 0 atom stereocenters. The van der Waals surface area contributed by atoms with E-state index in [0.29, 0.717) is 60.5 Å². The van der Waals surface area contributed by atoms with Crippen LogP contribution in [0.25, 0.3) is 22.2 Å². The quantitative estimate of drug-likeness (QED) is 0.459. The molecule has 9 heteroatoms. The minimum Gasteiger partial charge on any atom is -0.496 e. The van der Waals surface area contributed by atoms with Crippen LogP contribution in [0.2, 0.25) is 0 Å². The zero-order valence-corrected chi connectivity index (χ0v) is 17.9. The Morgan fingerprint density at radius 2 is 1.94 bits per heavy atom. The van der Waals surface area contributed by atoms with Crippen molar-refractivity contribution in [3.8, 4) is 17.0 Å². The van der Waals surface area contributed by atoms with E-state index >= 15 is 0 Å². The summed E-state index contributed by atoms with van der Waals surface area (Å²) in [6.07, 6.45) is 1.60. The average molecular weight is 448 g/mol. The maximum Gasteiger partial charge on any atom is 0.338 e. The molecule has 1 N–H and O–H groups in total. The summed E-state index contributed by atoms with van der Waals surface area (Å²) < 4.78 is 29.7. The number of hydrogen-bond donors (Lipinski definition) is 1. The van der Waals surface area contributed by atoms with Gasteiger partial charge in [-0.25, -0.2) is 19.2 Å². The number of ether oxygens (including phenoxy) is 2. The number of hydrogen-bond acceptors (Lipinski definition) is 8. The number of fused-ring (bicyclic) bond motifs is 1. The number of halogens is 1. The standard InChI is InChI=1S/C24H21FN4O4/c1-31-21-12-15(25)2-4-17(21)19-6-7-26-24(28-19)27-16-3-5-18-20(29-8-10-32-11-9-29)14-23(30)33-22(18)13-16/h2-7,12-14H,8-11H2,1H3,(H,26,27,28). The molecule has 1 saturated heterocycles. The second-order valence-corrected chi connectivity index (χ2v) is 7.50. The summed E-state index contributed by atoms with van der Waals surface area (Å²) in [6.45, 7) is 2.67. The highest BCUT2D eigenvalue weighted by Gasteiger charge is 2.16. The third-order valence-corrected chi connectivity index (χ3v) is 5.43. The van der Waals surface area contributed by atoms with Gasteiger partial charge in [0.25, 0.3) is 0 Å². The molecule has 0 amide bonds. The Morgan fingerprint density at radius 1 is 1.09 bits per heavy atom. The van der Waals surface area contributed by atoms with Crippen LogP contribution in [0.15, 0.2) is 63.9 Å². The van der Waals surface area contributed by atoms with Gasteiger partial charge in [0, 0.05) is 54.1 Å². The van der Waals surface area contributed by atoms with Gasteiger partial charge in [0.1, 0.15) is 17.1 Å². The van der Waals surface area contributed by atoms with Crippen molar-refractivity contribution in [3.63, 3.8) is 0 Å². The third kappa shape index (κ3) is 4.35. The van der Waals surface area contributed by atoms with E-state index in [1.54, 1.807) is 24.4 Å². The van der Waals surface area contributed by atoms with Gasteiger partial charge < -0.3 is 24.1 Å². The Hall–Kier alpha value is -3.98. The zero-order chi connectivity index (χ0) is 22.8. The van der Waals surface area contributed by atoms with Gasteiger partial charge in [0.15, 0.2) is 0 Å². The van der Waals surface area contributed by atoms with E-state index in [4.69, 9.17) is 13.9 Å². The Kier molecular flexibility index (Phi) is 5.62. The van der Waals surface area contributed by atoms with E-state index in [9.17, 15) is 9.18 Å². The minimum absolute atomic E-state index is 0.338. The number of nitrogens with one attached hydrogen (secondary N) is 1. The van der Waals surface area contributed by atoms with E-state index in [0.717, 1.165) is 11.1 Å². The minimum atomic E-state index is -0.414. The highest BCUT2D eigenvalue weighted by Crippen LogP contribution is 2.31. The van der Waals surface area contributed by atoms with Crippen LogP contribution in [0.1, 0.15) is 0 Å². The first-order chi connectivity index (χ1) is 16.1. The largest absolute Gasteiger partial charge is 0.496 e. The molecule has 4 aromatic rings. The topological polar surface area (TPSA) is 89.7 Å². The molecule has 33 heavy (non-hydrogen) atoms. The predicted molar refractivity (Wildman–Crippen MR) is 123 cm³/mol. The molecule has 0 aliphatic carbocycles. The summed E-state index contributed by atoms with van der Waals surface area (Å²) in [5.41, 5.74) is 2.76. The molecule has 0 unspecified atom stereocenters. The van der Waals surface area contributed by atoms with Crippen LogP contribution < -0.4 is 20.6 Å². The van der Waals surface area contributed by atoms with Gasteiger partial charge in [-0.3, -0.25) is 0 Å². The molecule has 1 aliphatic rings. The number of anilines is 3. The SMILES string of the molecule is COc1cc(F)ccc1-c1ccnc(Nc2ccc3c(N4CCOCC4)cc(=O)oc3c2)n1. The molecule has 0 saturated carbocycles. The molecule has 0 spiro atoms. The Balaban J connectivity index is 1.46. The summed E-state index contributed by atoms with van der Waals surface area (Å²) in [7, 11) is 1.48. The highest BCUT2D eigenvalue weighted by atomic mass is 19.1. The van der Waals surface area contributed by atoms with Crippen LogP contribution in [0.4, 0.5) is 21.7 Å². The average Bonchev–Trinajstić information content (AvgIpc) is 2.84. The lowest BCUT2D eigenvalue weighted by atomic mass is 10.1. The fraction of sp³-hybridized carbons (Fsp3) is 0.208. The first kappa shape index (κ1) is 20.9. The summed E-state index contributed by atoms with van der Waals surface area (Å²) in [4.78, 5) is 23.1. The van der Waals surface area contributed by atoms with Crippen LogP contribution in [-0.2, 0) is 4.74 Å². The van der Waals surface area contributed by atoms with Crippen molar-refractivity contribution in [2.75, 3.05) is 43.6 Å². The molecular weight excluding hydrogens is 427 g/mol. The van der Waals surface area contributed by atoms with Crippen LogP contribution in [0.5, 0.6) is 5.75 Å². The molecule has 1 aliphatic heterocycles. The van der Waals surface area contributed by atoms with Gasteiger partial charge >= 0.3 is 5.63 Å². The first-order valence-electron chi connectivity index (χ1n) is 10.5. The summed E-state index contributed by atoms with van der Waals surface area (Å²) in [6, 6.07) is 13.0. The van der Waals surface area contributed by atoms with Crippen molar-refractivity contribution in [2.45, 2.75) is 0 Å². The van der Waals surface area contributed by atoms with Crippen molar-refractivity contribution >= 4 is 28.3 Å². The molecular formula is C24H21FN4O4. The summed E-state index contributed by atoms with van der Waals surface area (Å²) >= 11 is 0. The fourth-order valence-corrected chi connectivity index (χ4v) is 3.86. The number of aromatic nitrogens is 2. The molecule has 3 heterocycles. The van der Waals surface area contributed by atoms with Crippen molar-refractivity contribution < 1.29 is 18.3 Å². The molecule has 0 bridgehead atoms. The lowest BCUT2D eigenvalue weighted by Crippen LogP contribution is -2.36. The lowest BCUT2D eigenvalue weighted by molar-refractivity contribution is 0.123. The highest BCUT2D eigenvalue weighted by molar-refractivity contribution is 5.92. The fourth-order valence-electron chi connectivity index (χ4n) is 3.86. The molecule has 2 aromatic heterocycles. The van der Waals surface area contributed by atoms with E-state index < -0.39 is 11.4 Å². The summed E-state index contributed by atoms with van der Waals surface area (Å²) in [5, 5.41) is 3.98.